The highest BCUT2D eigenvalue weighted by Gasteiger charge is 2.30. The number of carbonyl (C=O) groups is 1. The second kappa shape index (κ2) is 6.43. The molecule has 1 aliphatic heterocycles. The van der Waals surface area contributed by atoms with Crippen LogP contribution in [0.15, 0.2) is 42.5 Å². The Labute approximate surface area is 142 Å². The van der Waals surface area contributed by atoms with Crippen LogP contribution in [0.2, 0.25) is 0 Å². The van der Waals surface area contributed by atoms with E-state index in [0.717, 1.165) is 11.3 Å². The van der Waals surface area contributed by atoms with Crippen molar-refractivity contribution in [1.29, 1.82) is 0 Å². The second-order valence-electron chi connectivity index (χ2n) is 6.09. The number of para-hydroxylation sites is 1. The van der Waals surface area contributed by atoms with Crippen molar-refractivity contribution >= 4 is 11.6 Å². The van der Waals surface area contributed by atoms with Crippen LogP contribution < -0.4 is 14.8 Å². The highest BCUT2D eigenvalue weighted by Crippen LogP contribution is 2.36. The van der Waals surface area contributed by atoms with Gasteiger partial charge in [-0.2, -0.15) is 0 Å². The van der Waals surface area contributed by atoms with Gasteiger partial charge in [-0.05, 0) is 43.7 Å². The topological polar surface area (TPSA) is 50.8 Å². The summed E-state index contributed by atoms with van der Waals surface area (Å²) in [7, 11) is 3.41. The molecule has 0 aromatic heterocycles. The van der Waals surface area contributed by atoms with Crippen LogP contribution in [0, 0.1) is 0 Å². The molecule has 0 aliphatic carbocycles. The molecule has 126 valence electrons. The molecule has 1 heterocycles. The highest BCUT2D eigenvalue weighted by atomic mass is 16.5. The molecular weight excluding hydrogens is 304 g/mol. The average molecular weight is 326 g/mol. The molecule has 5 nitrogen and oxygen atoms in total. The lowest BCUT2D eigenvalue weighted by Crippen LogP contribution is -2.40. The van der Waals surface area contributed by atoms with Gasteiger partial charge in [0, 0.05) is 12.7 Å². The minimum absolute atomic E-state index is 0.00387. The van der Waals surface area contributed by atoms with Crippen molar-refractivity contribution in [3.05, 3.63) is 53.6 Å². The maximum absolute atomic E-state index is 12.6. The van der Waals surface area contributed by atoms with Crippen molar-refractivity contribution < 1.29 is 14.3 Å². The number of hydrogen-bond acceptors (Lipinski definition) is 4. The molecule has 2 aromatic carbocycles. The molecule has 24 heavy (non-hydrogen) atoms. The van der Waals surface area contributed by atoms with Gasteiger partial charge < -0.3 is 19.7 Å². The molecule has 1 N–H and O–H groups in total. The minimum Gasteiger partial charge on any atom is -0.493 e. The summed E-state index contributed by atoms with van der Waals surface area (Å²) in [5.74, 6) is 1.35. The van der Waals surface area contributed by atoms with E-state index >= 15 is 0 Å². The third-order valence-corrected chi connectivity index (χ3v) is 4.02. The Balaban J connectivity index is 1.96. The summed E-state index contributed by atoms with van der Waals surface area (Å²) in [6, 6.07) is 13.3. The van der Waals surface area contributed by atoms with E-state index in [1.807, 2.05) is 56.3 Å². The van der Waals surface area contributed by atoms with Crippen LogP contribution in [0.5, 0.6) is 11.5 Å². The van der Waals surface area contributed by atoms with Gasteiger partial charge in [0.25, 0.3) is 5.91 Å². The number of ether oxygens (including phenoxy) is 2. The van der Waals surface area contributed by atoms with E-state index in [-0.39, 0.29) is 18.2 Å². The van der Waals surface area contributed by atoms with E-state index in [0.29, 0.717) is 17.1 Å². The van der Waals surface area contributed by atoms with Crippen molar-refractivity contribution in [3.8, 4) is 11.5 Å². The van der Waals surface area contributed by atoms with Gasteiger partial charge in [0.15, 0.2) is 11.5 Å². The molecule has 5 heteroatoms. The van der Waals surface area contributed by atoms with Crippen molar-refractivity contribution in [2.45, 2.75) is 26.1 Å². The number of carbonyl (C=O) groups excluding carboxylic acids is 1. The normalized spacial score (nSPS) is 16.6. The number of amides is 1. The average Bonchev–Trinajstić information content (AvgIpc) is 2.58. The Hall–Kier alpha value is -2.69. The molecule has 1 unspecified atom stereocenters. The van der Waals surface area contributed by atoms with E-state index < -0.39 is 0 Å². The van der Waals surface area contributed by atoms with Crippen LogP contribution in [0.4, 0.5) is 5.69 Å². The predicted molar refractivity (Wildman–Crippen MR) is 93.7 cm³/mol. The van der Waals surface area contributed by atoms with Gasteiger partial charge in [-0.3, -0.25) is 4.79 Å². The van der Waals surface area contributed by atoms with E-state index in [1.54, 1.807) is 19.1 Å². The van der Waals surface area contributed by atoms with Crippen molar-refractivity contribution in [2.24, 2.45) is 0 Å². The Kier molecular flexibility index (Phi) is 4.34. The first-order valence-corrected chi connectivity index (χ1v) is 7.98. The molecule has 2 aromatic rings. The van der Waals surface area contributed by atoms with Crippen LogP contribution in [0.25, 0.3) is 0 Å². The number of fused-ring (bicyclic) bond motifs is 1. The van der Waals surface area contributed by atoms with Gasteiger partial charge in [0.2, 0.25) is 0 Å². The number of rotatable bonds is 4. The van der Waals surface area contributed by atoms with Crippen molar-refractivity contribution in [1.82, 2.24) is 4.90 Å². The van der Waals surface area contributed by atoms with Crippen LogP contribution in [-0.4, -0.2) is 31.1 Å². The van der Waals surface area contributed by atoms with Crippen LogP contribution in [0.1, 0.15) is 35.9 Å². The van der Waals surface area contributed by atoms with E-state index in [9.17, 15) is 4.79 Å². The fourth-order valence-corrected chi connectivity index (χ4v) is 2.86. The Morgan fingerprint density at radius 2 is 1.88 bits per heavy atom. The number of nitrogens with one attached hydrogen (secondary N) is 1. The number of benzene rings is 2. The minimum atomic E-state index is -0.255. The summed E-state index contributed by atoms with van der Waals surface area (Å²) >= 11 is 0. The molecule has 1 aliphatic rings. The summed E-state index contributed by atoms with van der Waals surface area (Å²) in [5, 5.41) is 3.41. The molecule has 0 saturated heterocycles. The van der Waals surface area contributed by atoms with Gasteiger partial charge in [-0.25, -0.2) is 0 Å². The lowest BCUT2D eigenvalue weighted by Gasteiger charge is -2.35. The largest absolute Gasteiger partial charge is 0.493 e. The molecule has 0 radical (unpaired) electrons. The van der Waals surface area contributed by atoms with Crippen LogP contribution >= 0.6 is 0 Å². The molecule has 0 saturated carbocycles. The molecule has 1 atom stereocenters. The fraction of sp³-hybridized carbons (Fsp3) is 0.316. The maximum atomic E-state index is 12.6. The van der Waals surface area contributed by atoms with Crippen molar-refractivity contribution in [2.75, 3.05) is 19.5 Å². The Morgan fingerprint density at radius 1 is 1.12 bits per heavy atom. The quantitative estimate of drug-likeness (QED) is 0.931. The smallest absolute Gasteiger partial charge is 0.257 e. The summed E-state index contributed by atoms with van der Waals surface area (Å²) in [5.41, 5.74) is 2.46. The van der Waals surface area contributed by atoms with E-state index in [4.69, 9.17) is 9.47 Å². The lowest BCUT2D eigenvalue weighted by atomic mass is 10.0. The molecular formula is C19H22N2O3. The van der Waals surface area contributed by atoms with E-state index in [1.165, 1.54) is 0 Å². The van der Waals surface area contributed by atoms with Gasteiger partial charge in [0.1, 0.15) is 6.17 Å². The summed E-state index contributed by atoms with van der Waals surface area (Å²) in [6.07, 6.45) is -0.192. The van der Waals surface area contributed by atoms with Gasteiger partial charge >= 0.3 is 0 Å². The monoisotopic (exact) mass is 326 g/mol. The summed E-state index contributed by atoms with van der Waals surface area (Å²) < 4.78 is 11.2. The molecule has 1 amide bonds. The zero-order chi connectivity index (χ0) is 17.3. The summed E-state index contributed by atoms with van der Waals surface area (Å²) in [6.45, 7) is 3.94. The molecule has 3 rings (SSSR count). The summed E-state index contributed by atoms with van der Waals surface area (Å²) in [4.78, 5) is 14.3. The number of methoxy groups -OCH3 is 1. The fourth-order valence-electron chi connectivity index (χ4n) is 2.86. The first-order valence-electron chi connectivity index (χ1n) is 7.98. The molecule has 0 fully saturated rings. The standard InChI is InChI=1S/C19H22N2O3/c1-12(2)24-16-10-9-13(11-17(16)23-4)18-20-15-8-6-5-7-14(15)19(22)21(18)3/h5-12,18,20H,1-4H3. The first kappa shape index (κ1) is 16.2. The van der Waals surface area contributed by atoms with Crippen LogP contribution in [0.3, 0.4) is 0 Å². The molecule has 0 spiro atoms. The first-order chi connectivity index (χ1) is 11.5. The third kappa shape index (κ3) is 2.89. The Bertz CT molecular complexity index is 758. The predicted octanol–water partition coefficient (Wildman–Crippen LogP) is 3.68. The zero-order valence-electron chi connectivity index (χ0n) is 14.4. The second-order valence-corrected chi connectivity index (χ2v) is 6.09. The van der Waals surface area contributed by atoms with Crippen LogP contribution in [-0.2, 0) is 0 Å². The lowest BCUT2D eigenvalue weighted by molar-refractivity contribution is 0.0735. The number of nitrogens with zero attached hydrogens (tertiary/aromatic N) is 1. The highest BCUT2D eigenvalue weighted by molar-refractivity contribution is 6.01. The number of hydrogen-bond donors (Lipinski definition) is 1. The van der Waals surface area contributed by atoms with Crippen molar-refractivity contribution in [3.63, 3.8) is 0 Å². The van der Waals surface area contributed by atoms with E-state index in [2.05, 4.69) is 5.32 Å². The Morgan fingerprint density at radius 3 is 2.58 bits per heavy atom. The van der Waals surface area contributed by atoms with Gasteiger partial charge in [0.05, 0.1) is 18.8 Å². The SMILES string of the molecule is COc1cc(C2Nc3ccccc3C(=O)N2C)ccc1OC(C)C. The third-order valence-electron chi connectivity index (χ3n) is 4.02. The number of anilines is 1. The van der Waals surface area contributed by atoms with Gasteiger partial charge in [-0.1, -0.05) is 18.2 Å². The molecule has 0 bridgehead atoms. The zero-order valence-corrected chi connectivity index (χ0v) is 14.4. The maximum Gasteiger partial charge on any atom is 0.257 e. The van der Waals surface area contributed by atoms with Gasteiger partial charge in [-0.15, -0.1) is 0 Å².